The van der Waals surface area contributed by atoms with Crippen molar-refractivity contribution in [1.29, 1.82) is 5.26 Å². The van der Waals surface area contributed by atoms with Crippen LogP contribution < -0.4 is 16.1 Å². The van der Waals surface area contributed by atoms with Crippen molar-refractivity contribution in [3.8, 4) is 6.07 Å². The lowest BCUT2D eigenvalue weighted by Crippen LogP contribution is -2.61. The molecule has 1 atom stereocenters. The fourth-order valence-corrected chi connectivity index (χ4v) is 3.57. The van der Waals surface area contributed by atoms with Gasteiger partial charge >= 0.3 is 6.09 Å². The second kappa shape index (κ2) is 9.82. The zero-order valence-corrected chi connectivity index (χ0v) is 17.9. The Labute approximate surface area is 174 Å². The van der Waals surface area contributed by atoms with E-state index in [4.69, 9.17) is 4.74 Å². The molecule has 1 saturated carbocycles. The van der Waals surface area contributed by atoms with Crippen LogP contribution in [0.15, 0.2) is 24.3 Å². The van der Waals surface area contributed by atoms with E-state index in [0.29, 0.717) is 19.3 Å². The summed E-state index contributed by atoms with van der Waals surface area (Å²) in [5.74, 6) is -0.312. The number of carbonyl (C=O) groups excluding carboxylic acids is 2. The van der Waals surface area contributed by atoms with Crippen molar-refractivity contribution in [2.45, 2.75) is 83.3 Å². The van der Waals surface area contributed by atoms with Gasteiger partial charge < -0.3 is 15.4 Å². The average molecular weight is 396 g/mol. The Hall–Kier alpha value is -2.49. The monoisotopic (exact) mass is 396 g/mol. The first-order valence-electron chi connectivity index (χ1n) is 10.3. The third-order valence-electron chi connectivity index (χ3n) is 5.10. The number of hydrogen-bond donors (Lipinski definition) is 2. The lowest BCUT2D eigenvalue weighted by Gasteiger charge is -2.37. The predicted octanol–water partition coefficient (Wildman–Crippen LogP) is 2.84. The van der Waals surface area contributed by atoms with Crippen LogP contribution in [0.2, 0.25) is 6.82 Å². The summed E-state index contributed by atoms with van der Waals surface area (Å²) in [7, 11) is 2.00. The molecule has 0 aliphatic heterocycles. The van der Waals surface area contributed by atoms with Crippen LogP contribution in [0.25, 0.3) is 0 Å². The summed E-state index contributed by atoms with van der Waals surface area (Å²) in [4.78, 5) is 25.5. The van der Waals surface area contributed by atoms with Gasteiger partial charge in [0.2, 0.25) is 5.91 Å². The minimum Gasteiger partial charge on any atom is -0.444 e. The normalized spacial score (nSPS) is 16.8. The summed E-state index contributed by atoms with van der Waals surface area (Å²) >= 11 is 0. The molecule has 155 valence electrons. The second-order valence-electron chi connectivity index (χ2n) is 8.66. The van der Waals surface area contributed by atoms with Crippen molar-refractivity contribution in [2.75, 3.05) is 0 Å². The number of benzene rings is 1. The van der Waals surface area contributed by atoms with Gasteiger partial charge in [0.15, 0.2) is 0 Å². The van der Waals surface area contributed by atoms with Gasteiger partial charge in [0.1, 0.15) is 24.5 Å². The summed E-state index contributed by atoms with van der Waals surface area (Å²) in [6, 6.07) is 9.39. The molecule has 6 nitrogen and oxygen atoms in total. The Morgan fingerprint density at radius 3 is 2.34 bits per heavy atom. The molecular weight excluding hydrogens is 365 g/mol. The summed E-state index contributed by atoms with van der Waals surface area (Å²) in [5.41, 5.74) is 0.402. The van der Waals surface area contributed by atoms with Crippen LogP contribution in [0.3, 0.4) is 0 Å². The minimum absolute atomic E-state index is 0.312. The van der Waals surface area contributed by atoms with E-state index < -0.39 is 23.3 Å². The fraction of sp³-hybridized carbons (Fsp3) is 0.591. The van der Waals surface area contributed by atoms with Crippen LogP contribution in [0.4, 0.5) is 4.79 Å². The molecule has 29 heavy (non-hydrogen) atoms. The first-order valence-corrected chi connectivity index (χ1v) is 10.3. The van der Waals surface area contributed by atoms with Crippen LogP contribution in [-0.4, -0.2) is 36.5 Å². The maximum atomic E-state index is 13.1. The molecule has 0 heterocycles. The first-order chi connectivity index (χ1) is 13.7. The maximum absolute atomic E-state index is 13.1. The van der Waals surface area contributed by atoms with E-state index in [-0.39, 0.29) is 5.91 Å². The molecule has 2 rings (SSSR count). The molecule has 0 aromatic heterocycles. The molecule has 1 fully saturated rings. The largest absolute Gasteiger partial charge is 0.444 e. The van der Waals surface area contributed by atoms with Crippen molar-refractivity contribution < 1.29 is 14.3 Å². The molecule has 1 aromatic rings. The first kappa shape index (κ1) is 22.8. The van der Waals surface area contributed by atoms with Gasteiger partial charge in [0.05, 0.1) is 6.07 Å². The van der Waals surface area contributed by atoms with E-state index in [9.17, 15) is 14.9 Å². The lowest BCUT2D eigenvalue weighted by atomic mass is 9.73. The molecule has 2 N–H and O–H groups in total. The molecule has 1 aromatic carbocycles. The van der Waals surface area contributed by atoms with E-state index in [1.807, 2.05) is 38.4 Å². The highest BCUT2D eigenvalue weighted by Gasteiger charge is 2.42. The molecule has 1 radical (unpaired) electrons. The molecule has 7 heteroatoms. The molecule has 1 aliphatic carbocycles. The van der Waals surface area contributed by atoms with E-state index in [1.165, 1.54) is 0 Å². The van der Waals surface area contributed by atoms with E-state index in [2.05, 4.69) is 16.7 Å². The Morgan fingerprint density at radius 1 is 1.21 bits per heavy atom. The van der Waals surface area contributed by atoms with Crippen molar-refractivity contribution in [1.82, 2.24) is 10.6 Å². The number of nitrogens with one attached hydrogen (secondary N) is 2. The zero-order chi connectivity index (χ0) is 21.5. The van der Waals surface area contributed by atoms with Crippen molar-refractivity contribution >= 4 is 24.7 Å². The Balaban J connectivity index is 2.08. The number of amides is 2. The predicted molar refractivity (Wildman–Crippen MR) is 114 cm³/mol. The Bertz CT molecular complexity index is 744. The number of rotatable bonds is 6. The van der Waals surface area contributed by atoms with Crippen molar-refractivity contribution in [2.24, 2.45) is 0 Å². The lowest BCUT2D eigenvalue weighted by molar-refractivity contribution is -0.129. The molecule has 0 spiro atoms. The highest BCUT2D eigenvalue weighted by molar-refractivity contribution is 6.51. The highest BCUT2D eigenvalue weighted by atomic mass is 16.6. The molecular formula is C22H31BN3O3. The standard InChI is InChI=1S/C22H31BN3O3/c1-21(2,3)29-20(28)26-22(12-6-5-7-13-22)19(27)25-18(15-24)14-16-8-10-17(23-4)11-9-16/h8-11,18H,5-7,12-14H2,1-4H3,(H,25,27)(H,26,28). The molecule has 0 saturated heterocycles. The van der Waals surface area contributed by atoms with Crippen LogP contribution >= 0.6 is 0 Å². The smallest absolute Gasteiger partial charge is 0.408 e. The zero-order valence-electron chi connectivity index (χ0n) is 17.9. The van der Waals surface area contributed by atoms with Crippen molar-refractivity contribution in [3.63, 3.8) is 0 Å². The van der Waals surface area contributed by atoms with E-state index in [1.54, 1.807) is 20.8 Å². The number of alkyl carbamates (subject to hydrolysis) is 1. The number of carbonyl (C=O) groups is 2. The minimum atomic E-state index is -1.03. The number of nitriles is 1. The Kier molecular flexibility index (Phi) is 7.72. The van der Waals surface area contributed by atoms with Gasteiger partial charge in [0, 0.05) is 6.42 Å². The third kappa shape index (κ3) is 6.81. The van der Waals surface area contributed by atoms with Gasteiger partial charge in [0.25, 0.3) is 0 Å². The van der Waals surface area contributed by atoms with Crippen LogP contribution in [-0.2, 0) is 16.0 Å². The van der Waals surface area contributed by atoms with Gasteiger partial charge in [-0.15, -0.1) is 0 Å². The van der Waals surface area contributed by atoms with Gasteiger partial charge in [-0.05, 0) is 39.2 Å². The summed E-state index contributed by atoms with van der Waals surface area (Å²) in [6.07, 6.45) is 3.59. The molecule has 1 aliphatic rings. The number of nitrogens with zero attached hydrogens (tertiary/aromatic N) is 1. The van der Waals surface area contributed by atoms with Crippen LogP contribution in [0.1, 0.15) is 58.4 Å². The summed E-state index contributed by atoms with van der Waals surface area (Å²) in [5, 5.41) is 15.2. The van der Waals surface area contributed by atoms with Gasteiger partial charge in [-0.25, -0.2) is 4.79 Å². The summed E-state index contributed by atoms with van der Waals surface area (Å²) in [6.45, 7) is 7.32. The fourth-order valence-electron chi connectivity index (χ4n) is 3.57. The maximum Gasteiger partial charge on any atom is 0.408 e. The van der Waals surface area contributed by atoms with Gasteiger partial charge in [-0.3, -0.25) is 4.79 Å². The quantitative estimate of drug-likeness (QED) is 0.724. The van der Waals surface area contributed by atoms with Crippen molar-refractivity contribution in [3.05, 3.63) is 29.8 Å². The van der Waals surface area contributed by atoms with E-state index >= 15 is 0 Å². The number of ether oxygens (including phenoxy) is 1. The number of hydrogen-bond acceptors (Lipinski definition) is 4. The average Bonchev–Trinajstić information content (AvgIpc) is 2.67. The SMILES string of the molecule is C[B]c1ccc(CC(C#N)NC(=O)C2(NC(=O)OC(C)(C)C)CCCCC2)cc1. The molecule has 1 unspecified atom stereocenters. The van der Waals surface area contributed by atoms with Gasteiger partial charge in [-0.1, -0.05) is 55.8 Å². The Morgan fingerprint density at radius 2 is 1.83 bits per heavy atom. The topological polar surface area (TPSA) is 91.2 Å². The molecule has 0 bridgehead atoms. The van der Waals surface area contributed by atoms with E-state index in [0.717, 1.165) is 30.3 Å². The van der Waals surface area contributed by atoms with Crippen LogP contribution in [0, 0.1) is 11.3 Å². The second-order valence-corrected chi connectivity index (χ2v) is 8.66. The van der Waals surface area contributed by atoms with Gasteiger partial charge in [-0.2, -0.15) is 5.26 Å². The molecule has 2 amide bonds. The summed E-state index contributed by atoms with van der Waals surface area (Å²) < 4.78 is 5.37. The third-order valence-corrected chi connectivity index (χ3v) is 5.10. The highest BCUT2D eigenvalue weighted by Crippen LogP contribution is 2.29. The van der Waals surface area contributed by atoms with Crippen LogP contribution in [0.5, 0.6) is 0 Å².